The van der Waals surface area contributed by atoms with Crippen LogP contribution in [0.4, 0.5) is 0 Å². The molecule has 2 aliphatic rings. The van der Waals surface area contributed by atoms with Crippen LogP contribution in [0.1, 0.15) is 64.2 Å². The number of nitriles is 2. The van der Waals surface area contributed by atoms with Gasteiger partial charge in [-0.15, -0.1) is 0 Å². The van der Waals surface area contributed by atoms with Crippen LogP contribution < -0.4 is 0 Å². The van der Waals surface area contributed by atoms with E-state index >= 15 is 0 Å². The first-order valence-electron chi connectivity index (χ1n) is 7.97. The summed E-state index contributed by atoms with van der Waals surface area (Å²) in [4.78, 5) is 6.45. The third-order valence-corrected chi connectivity index (χ3v) is 4.63. The van der Waals surface area contributed by atoms with Gasteiger partial charge in [0.1, 0.15) is 5.84 Å². The smallest absolute Gasteiger partial charge is 0.207 e. The van der Waals surface area contributed by atoms with Gasteiger partial charge in [-0.05, 0) is 25.7 Å². The van der Waals surface area contributed by atoms with Crippen molar-refractivity contribution in [3.63, 3.8) is 0 Å². The van der Waals surface area contributed by atoms with E-state index in [1.165, 1.54) is 44.9 Å². The lowest BCUT2D eigenvalue weighted by atomic mass is 9.89. The second-order valence-electron chi connectivity index (χ2n) is 5.96. The van der Waals surface area contributed by atoms with Gasteiger partial charge in [0.25, 0.3) is 0 Å². The molecule has 20 heavy (non-hydrogen) atoms. The van der Waals surface area contributed by atoms with Crippen molar-refractivity contribution in [2.75, 3.05) is 6.54 Å². The van der Waals surface area contributed by atoms with E-state index < -0.39 is 0 Å². The maximum absolute atomic E-state index is 8.98. The van der Waals surface area contributed by atoms with Crippen molar-refractivity contribution in [3.8, 4) is 12.3 Å². The minimum absolute atomic E-state index is 0.166. The van der Waals surface area contributed by atoms with Crippen molar-refractivity contribution in [2.24, 2.45) is 10.9 Å². The normalized spacial score (nSPS) is 27.4. The zero-order valence-corrected chi connectivity index (χ0v) is 12.2. The summed E-state index contributed by atoms with van der Waals surface area (Å²) in [6, 6.07) is 2.79. The molecule has 0 spiro atoms. The van der Waals surface area contributed by atoms with Crippen LogP contribution in [0.5, 0.6) is 0 Å². The zero-order valence-electron chi connectivity index (χ0n) is 12.2. The van der Waals surface area contributed by atoms with E-state index in [0.717, 1.165) is 25.2 Å². The van der Waals surface area contributed by atoms with Crippen LogP contribution in [-0.2, 0) is 0 Å². The molecule has 1 aliphatic heterocycles. The number of hydrogen-bond donors (Lipinski definition) is 0. The van der Waals surface area contributed by atoms with Gasteiger partial charge >= 0.3 is 0 Å². The zero-order chi connectivity index (χ0) is 14.2. The summed E-state index contributed by atoms with van der Waals surface area (Å²) < 4.78 is 0. The molecule has 2 rings (SSSR count). The molecular weight excluding hydrogens is 248 g/mol. The molecule has 4 nitrogen and oxygen atoms in total. The summed E-state index contributed by atoms with van der Waals surface area (Å²) >= 11 is 0. The van der Waals surface area contributed by atoms with Gasteiger partial charge in [0.05, 0.1) is 6.07 Å². The Bertz CT molecular complexity index is 407. The largest absolute Gasteiger partial charge is 0.356 e. The molecule has 0 bridgehead atoms. The topological polar surface area (TPSA) is 63.2 Å². The third-order valence-electron chi connectivity index (χ3n) is 4.63. The average molecular weight is 272 g/mol. The van der Waals surface area contributed by atoms with Crippen LogP contribution in [0, 0.1) is 28.7 Å². The molecule has 0 amide bonds. The quantitative estimate of drug-likeness (QED) is 0.721. The van der Waals surface area contributed by atoms with Crippen molar-refractivity contribution in [1.29, 1.82) is 10.5 Å². The van der Waals surface area contributed by atoms with Crippen LogP contribution in [0.3, 0.4) is 0 Å². The molecular formula is C16H24N4. The molecule has 1 aliphatic carbocycles. The van der Waals surface area contributed by atoms with Crippen molar-refractivity contribution >= 4 is 5.84 Å². The van der Waals surface area contributed by atoms with Gasteiger partial charge in [-0.25, -0.2) is 0 Å². The fraction of sp³-hybridized carbons (Fsp3) is 0.812. The third kappa shape index (κ3) is 3.73. The molecule has 0 aromatic carbocycles. The fourth-order valence-corrected chi connectivity index (χ4v) is 3.61. The number of hydrogen-bond acceptors (Lipinski definition) is 3. The van der Waals surface area contributed by atoms with E-state index in [-0.39, 0.29) is 5.92 Å². The summed E-state index contributed by atoms with van der Waals surface area (Å²) in [5, 5.41) is 18.0. The Morgan fingerprint density at radius 1 is 1.00 bits per heavy atom. The Kier molecular flexibility index (Phi) is 5.87. The molecule has 4 heteroatoms. The molecule has 0 N–H and O–H groups in total. The van der Waals surface area contributed by atoms with E-state index in [9.17, 15) is 0 Å². The van der Waals surface area contributed by atoms with Gasteiger partial charge in [-0.3, -0.25) is 0 Å². The Hall–Kier alpha value is -1.55. The second-order valence-corrected chi connectivity index (χ2v) is 5.96. The summed E-state index contributed by atoms with van der Waals surface area (Å²) in [5.41, 5.74) is 0. The van der Waals surface area contributed by atoms with Crippen molar-refractivity contribution in [2.45, 2.75) is 70.3 Å². The Morgan fingerprint density at radius 3 is 2.35 bits per heavy atom. The molecule has 0 aromatic heterocycles. The highest BCUT2D eigenvalue weighted by Crippen LogP contribution is 2.29. The number of likely N-dealkylation sites (tertiary alicyclic amines) is 1. The van der Waals surface area contributed by atoms with Gasteiger partial charge in [-0.1, -0.05) is 32.1 Å². The van der Waals surface area contributed by atoms with E-state index in [1.54, 1.807) is 0 Å². The van der Waals surface area contributed by atoms with Gasteiger partial charge in [0.15, 0.2) is 0 Å². The number of rotatable bonds is 2. The van der Waals surface area contributed by atoms with E-state index in [1.807, 2.05) is 6.19 Å². The minimum atomic E-state index is 0.166. The van der Waals surface area contributed by atoms with Crippen LogP contribution in [0.2, 0.25) is 0 Å². The summed E-state index contributed by atoms with van der Waals surface area (Å²) in [7, 11) is 0. The number of nitrogens with zero attached hydrogens (tertiary/aromatic N) is 4. The minimum Gasteiger partial charge on any atom is -0.356 e. The van der Waals surface area contributed by atoms with Gasteiger partial charge in [0.2, 0.25) is 6.19 Å². The molecule has 108 valence electrons. The molecule has 1 atom stereocenters. The monoisotopic (exact) mass is 272 g/mol. The highest BCUT2D eigenvalue weighted by Gasteiger charge is 2.31. The molecule has 1 unspecified atom stereocenters. The lowest BCUT2D eigenvalue weighted by Gasteiger charge is -2.40. The molecule has 0 radical (unpaired) electrons. The lowest BCUT2D eigenvalue weighted by Crippen LogP contribution is -2.47. The number of amidine groups is 1. The molecule has 1 saturated carbocycles. The summed E-state index contributed by atoms with van der Waals surface area (Å²) in [6.07, 6.45) is 13.6. The van der Waals surface area contributed by atoms with Crippen molar-refractivity contribution in [3.05, 3.63) is 0 Å². The highest BCUT2D eigenvalue weighted by atomic mass is 15.2. The van der Waals surface area contributed by atoms with Gasteiger partial charge < -0.3 is 4.90 Å². The summed E-state index contributed by atoms with van der Waals surface area (Å²) in [5.74, 6) is 1.06. The average Bonchev–Trinajstić information content (AvgIpc) is 2.41. The Morgan fingerprint density at radius 2 is 1.70 bits per heavy atom. The predicted octanol–water partition coefficient (Wildman–Crippen LogP) is 3.60. The van der Waals surface area contributed by atoms with Crippen LogP contribution in [0.15, 0.2) is 4.99 Å². The van der Waals surface area contributed by atoms with Gasteiger partial charge in [-0.2, -0.15) is 15.5 Å². The molecule has 1 heterocycles. The van der Waals surface area contributed by atoms with Crippen LogP contribution in [0.25, 0.3) is 0 Å². The summed E-state index contributed by atoms with van der Waals surface area (Å²) in [6.45, 7) is 1.01. The molecule has 2 fully saturated rings. The van der Waals surface area contributed by atoms with E-state index in [4.69, 9.17) is 10.5 Å². The standard InChI is InChI=1S/C16H24N4/c17-11-10-14-7-6-12-20(16(14)19-13-18)15-8-4-2-1-3-5-9-15/h14-15H,1-10,12H2. The predicted molar refractivity (Wildman–Crippen MR) is 78.8 cm³/mol. The molecule has 1 saturated heterocycles. The SMILES string of the molecule is N#CCC1CCCN(C2CCCCCCC2)C1=NC#N. The Labute approximate surface area is 122 Å². The van der Waals surface area contributed by atoms with Gasteiger partial charge in [0, 0.05) is 24.9 Å². The van der Waals surface area contributed by atoms with E-state index in [2.05, 4.69) is 16.0 Å². The maximum atomic E-state index is 8.98. The first-order chi connectivity index (χ1) is 9.86. The number of aliphatic imine (C=N–C) groups is 1. The lowest BCUT2D eigenvalue weighted by molar-refractivity contribution is 0.221. The first-order valence-corrected chi connectivity index (χ1v) is 7.97. The highest BCUT2D eigenvalue weighted by molar-refractivity contribution is 5.86. The fourth-order valence-electron chi connectivity index (χ4n) is 3.61. The second kappa shape index (κ2) is 7.90. The van der Waals surface area contributed by atoms with Crippen LogP contribution >= 0.6 is 0 Å². The van der Waals surface area contributed by atoms with E-state index in [0.29, 0.717) is 12.5 Å². The van der Waals surface area contributed by atoms with Crippen LogP contribution in [-0.4, -0.2) is 23.3 Å². The first kappa shape index (κ1) is 14.9. The molecule has 0 aromatic rings. The van der Waals surface area contributed by atoms with Crippen molar-refractivity contribution in [1.82, 2.24) is 4.90 Å². The Balaban J connectivity index is 2.12. The maximum Gasteiger partial charge on any atom is 0.207 e. The number of piperidine rings is 1. The van der Waals surface area contributed by atoms with Crippen molar-refractivity contribution < 1.29 is 0 Å².